The minimum absolute atomic E-state index is 0.218. The van der Waals surface area contributed by atoms with Crippen LogP contribution in [0.1, 0.15) is 33.1 Å². The summed E-state index contributed by atoms with van der Waals surface area (Å²) in [4.78, 5) is 2.32. The molecule has 16 heavy (non-hydrogen) atoms. The first-order chi connectivity index (χ1) is 7.61. The van der Waals surface area contributed by atoms with E-state index in [0.29, 0.717) is 12.1 Å². The Morgan fingerprint density at radius 2 is 2.06 bits per heavy atom. The normalized spacial score (nSPS) is 22.6. The predicted octanol–water partition coefficient (Wildman–Crippen LogP) is 0.833. The van der Waals surface area contributed by atoms with E-state index in [1.807, 2.05) is 6.92 Å². The molecule has 0 radical (unpaired) electrons. The van der Waals surface area contributed by atoms with Gasteiger partial charge in [0.25, 0.3) is 0 Å². The number of likely N-dealkylation sites (tertiary alicyclic amines) is 1. The first kappa shape index (κ1) is 13.5. The van der Waals surface area contributed by atoms with E-state index in [2.05, 4.69) is 23.1 Å². The van der Waals surface area contributed by atoms with Gasteiger partial charge in [0.2, 0.25) is 0 Å². The van der Waals surface area contributed by atoms with Crippen LogP contribution >= 0.6 is 0 Å². The molecule has 1 fully saturated rings. The molecule has 92 valence electrons. The number of aliphatic hydroxyl groups is 1. The molecule has 0 aromatic carbocycles. The van der Waals surface area contributed by atoms with Crippen molar-refractivity contribution in [1.29, 1.82) is 0 Å². The fourth-order valence-electron chi connectivity index (χ4n) is 2.37. The van der Waals surface area contributed by atoms with E-state index in [9.17, 15) is 5.11 Å². The van der Waals surface area contributed by atoms with Gasteiger partial charge >= 0.3 is 0 Å². The van der Waals surface area contributed by atoms with Gasteiger partial charge in [0, 0.05) is 25.2 Å². The maximum Gasteiger partial charge on any atom is 0.0598 e. The van der Waals surface area contributed by atoms with Crippen molar-refractivity contribution in [2.75, 3.05) is 19.6 Å². The molecule has 0 aliphatic carbocycles. The average molecular weight is 224 g/mol. The minimum Gasteiger partial charge on any atom is -0.393 e. The highest BCUT2D eigenvalue weighted by Gasteiger charge is 2.19. The molecule has 3 nitrogen and oxygen atoms in total. The van der Waals surface area contributed by atoms with Crippen molar-refractivity contribution in [2.24, 2.45) is 0 Å². The van der Waals surface area contributed by atoms with Crippen molar-refractivity contribution in [3.63, 3.8) is 0 Å². The summed E-state index contributed by atoms with van der Waals surface area (Å²) in [6.07, 6.45) is 8.22. The molecular formula is C13H24N2O. The largest absolute Gasteiger partial charge is 0.393 e. The highest BCUT2D eigenvalue weighted by atomic mass is 16.3. The highest BCUT2D eigenvalue weighted by Crippen LogP contribution is 2.11. The van der Waals surface area contributed by atoms with Crippen LogP contribution in [-0.2, 0) is 0 Å². The molecule has 1 rings (SSSR count). The van der Waals surface area contributed by atoms with Crippen LogP contribution in [0.4, 0.5) is 0 Å². The second-order valence-electron chi connectivity index (χ2n) is 4.91. The summed E-state index contributed by atoms with van der Waals surface area (Å²) in [6.45, 7) is 6.93. The van der Waals surface area contributed by atoms with Gasteiger partial charge in [0.1, 0.15) is 0 Å². The van der Waals surface area contributed by atoms with E-state index >= 15 is 0 Å². The van der Waals surface area contributed by atoms with Crippen LogP contribution in [0.2, 0.25) is 0 Å². The zero-order chi connectivity index (χ0) is 12.0. The number of piperidine rings is 1. The number of aliphatic hydroxyl groups excluding tert-OH is 1. The zero-order valence-electron chi connectivity index (χ0n) is 10.4. The second-order valence-corrected chi connectivity index (χ2v) is 4.91. The lowest BCUT2D eigenvalue weighted by Crippen LogP contribution is -2.46. The van der Waals surface area contributed by atoms with Gasteiger partial charge in [-0.1, -0.05) is 5.92 Å². The predicted molar refractivity (Wildman–Crippen MR) is 67.2 cm³/mol. The van der Waals surface area contributed by atoms with Crippen LogP contribution in [0.25, 0.3) is 0 Å². The van der Waals surface area contributed by atoms with Gasteiger partial charge in [-0.05, 0) is 33.1 Å². The van der Waals surface area contributed by atoms with E-state index in [1.54, 1.807) is 0 Å². The number of terminal acetylenes is 1. The Morgan fingerprint density at radius 1 is 1.44 bits per heavy atom. The monoisotopic (exact) mass is 224 g/mol. The van der Waals surface area contributed by atoms with Crippen LogP contribution in [-0.4, -0.2) is 47.8 Å². The number of rotatable bonds is 5. The van der Waals surface area contributed by atoms with Gasteiger partial charge in [0.15, 0.2) is 0 Å². The Morgan fingerprint density at radius 3 is 2.56 bits per heavy atom. The Labute approximate surface area is 99.2 Å². The SMILES string of the molecule is C#CCN1CCC(NC(C)CC(C)O)CC1. The van der Waals surface area contributed by atoms with E-state index in [0.717, 1.165) is 38.9 Å². The van der Waals surface area contributed by atoms with Gasteiger partial charge in [-0.3, -0.25) is 4.90 Å². The maximum atomic E-state index is 9.29. The number of hydrogen-bond donors (Lipinski definition) is 2. The van der Waals surface area contributed by atoms with Crippen molar-refractivity contribution in [3.8, 4) is 12.3 Å². The number of hydrogen-bond acceptors (Lipinski definition) is 3. The summed E-state index contributed by atoms with van der Waals surface area (Å²) in [5.41, 5.74) is 0. The Kier molecular flexibility index (Phi) is 5.83. The minimum atomic E-state index is -0.218. The third kappa shape index (κ3) is 4.98. The van der Waals surface area contributed by atoms with Gasteiger partial charge in [-0.25, -0.2) is 0 Å². The Balaban J connectivity index is 2.19. The van der Waals surface area contributed by atoms with Crippen LogP contribution in [0.5, 0.6) is 0 Å². The summed E-state index contributed by atoms with van der Waals surface area (Å²) in [5, 5.41) is 12.9. The molecule has 0 saturated carbocycles. The van der Waals surface area contributed by atoms with Crippen LogP contribution in [0.3, 0.4) is 0 Å². The molecule has 0 amide bonds. The third-order valence-electron chi connectivity index (χ3n) is 3.12. The molecule has 0 aromatic heterocycles. The van der Waals surface area contributed by atoms with Crippen LogP contribution < -0.4 is 5.32 Å². The van der Waals surface area contributed by atoms with E-state index in [-0.39, 0.29) is 6.10 Å². The molecule has 1 aliphatic rings. The molecule has 2 atom stereocenters. The van der Waals surface area contributed by atoms with E-state index < -0.39 is 0 Å². The summed E-state index contributed by atoms with van der Waals surface area (Å²) in [7, 11) is 0. The standard InChI is InChI=1S/C13H24N2O/c1-4-7-15-8-5-13(6-9-15)14-11(2)10-12(3)16/h1,11-14,16H,5-10H2,2-3H3. The smallest absolute Gasteiger partial charge is 0.0598 e. The molecule has 1 saturated heterocycles. The molecule has 0 spiro atoms. The topological polar surface area (TPSA) is 35.5 Å². The van der Waals surface area contributed by atoms with Crippen molar-refractivity contribution in [3.05, 3.63) is 0 Å². The van der Waals surface area contributed by atoms with Crippen LogP contribution in [0.15, 0.2) is 0 Å². The molecule has 3 heteroatoms. The fourth-order valence-corrected chi connectivity index (χ4v) is 2.37. The van der Waals surface area contributed by atoms with Crippen molar-refractivity contribution >= 4 is 0 Å². The molecule has 0 bridgehead atoms. The van der Waals surface area contributed by atoms with E-state index in [1.165, 1.54) is 0 Å². The fraction of sp³-hybridized carbons (Fsp3) is 0.846. The lowest BCUT2D eigenvalue weighted by molar-refractivity contribution is 0.158. The lowest BCUT2D eigenvalue weighted by Gasteiger charge is -2.33. The van der Waals surface area contributed by atoms with Gasteiger partial charge < -0.3 is 10.4 Å². The summed E-state index contributed by atoms with van der Waals surface area (Å²) in [6, 6.07) is 0.979. The molecule has 0 aromatic rings. The first-order valence-electron chi connectivity index (χ1n) is 6.21. The molecule has 1 aliphatic heterocycles. The van der Waals surface area contributed by atoms with Crippen molar-refractivity contribution in [2.45, 2.75) is 51.3 Å². The third-order valence-corrected chi connectivity index (χ3v) is 3.12. The van der Waals surface area contributed by atoms with Crippen LogP contribution in [0, 0.1) is 12.3 Å². The summed E-state index contributed by atoms with van der Waals surface area (Å²) >= 11 is 0. The molecule has 1 heterocycles. The number of nitrogens with one attached hydrogen (secondary N) is 1. The maximum absolute atomic E-state index is 9.29. The number of nitrogens with zero attached hydrogens (tertiary/aromatic N) is 1. The van der Waals surface area contributed by atoms with Crippen molar-refractivity contribution < 1.29 is 5.11 Å². The van der Waals surface area contributed by atoms with Gasteiger partial charge in [0.05, 0.1) is 12.6 Å². The highest BCUT2D eigenvalue weighted by molar-refractivity contribution is 4.90. The quantitative estimate of drug-likeness (QED) is 0.679. The Hall–Kier alpha value is -0.560. The Bertz CT molecular complexity index is 227. The molecule has 2 unspecified atom stereocenters. The summed E-state index contributed by atoms with van der Waals surface area (Å²) in [5.74, 6) is 2.69. The zero-order valence-corrected chi connectivity index (χ0v) is 10.4. The lowest BCUT2D eigenvalue weighted by atomic mass is 10.0. The molecular weight excluding hydrogens is 200 g/mol. The van der Waals surface area contributed by atoms with Gasteiger partial charge in [-0.15, -0.1) is 6.42 Å². The summed E-state index contributed by atoms with van der Waals surface area (Å²) < 4.78 is 0. The average Bonchev–Trinajstić information content (AvgIpc) is 2.20. The van der Waals surface area contributed by atoms with E-state index in [4.69, 9.17) is 6.42 Å². The second kappa shape index (κ2) is 6.90. The van der Waals surface area contributed by atoms with Gasteiger partial charge in [-0.2, -0.15) is 0 Å². The van der Waals surface area contributed by atoms with Crippen molar-refractivity contribution in [1.82, 2.24) is 10.2 Å². The first-order valence-corrected chi connectivity index (χ1v) is 6.21. The molecule has 2 N–H and O–H groups in total.